The van der Waals surface area contributed by atoms with E-state index in [2.05, 4.69) is 16.0 Å². The van der Waals surface area contributed by atoms with Gasteiger partial charge in [0.25, 0.3) is 0 Å². The van der Waals surface area contributed by atoms with E-state index in [9.17, 15) is 9.18 Å². The van der Waals surface area contributed by atoms with Crippen LogP contribution in [0, 0.1) is 11.7 Å². The fourth-order valence-corrected chi connectivity index (χ4v) is 4.02. The van der Waals surface area contributed by atoms with Crippen LogP contribution in [0.25, 0.3) is 6.08 Å². The van der Waals surface area contributed by atoms with Crippen molar-refractivity contribution in [1.82, 2.24) is 9.88 Å². The monoisotopic (exact) mass is 454 g/mol. The zero-order valence-corrected chi connectivity index (χ0v) is 18.4. The minimum atomic E-state index is -0.514. The van der Waals surface area contributed by atoms with E-state index < -0.39 is 6.04 Å². The van der Waals surface area contributed by atoms with Crippen molar-refractivity contribution in [3.05, 3.63) is 71.3 Å². The van der Waals surface area contributed by atoms with Gasteiger partial charge in [-0.3, -0.25) is 14.7 Å². The van der Waals surface area contributed by atoms with Gasteiger partial charge in [-0.25, -0.2) is 4.39 Å². The second-order valence-corrected chi connectivity index (χ2v) is 8.00. The van der Waals surface area contributed by atoms with E-state index in [1.807, 2.05) is 18.2 Å². The molecule has 2 heterocycles. The van der Waals surface area contributed by atoms with Gasteiger partial charge in [0.15, 0.2) is 5.78 Å². The van der Waals surface area contributed by atoms with Gasteiger partial charge in [-0.1, -0.05) is 24.3 Å². The van der Waals surface area contributed by atoms with Crippen molar-refractivity contribution >= 4 is 49.3 Å². The van der Waals surface area contributed by atoms with E-state index in [1.54, 1.807) is 24.5 Å². The molecule has 2 aliphatic rings. The molecular weight excluding hydrogens is 430 g/mol. The Hall–Kier alpha value is -1.40. The van der Waals surface area contributed by atoms with E-state index in [-0.39, 0.29) is 47.6 Å². The highest BCUT2D eigenvalue weighted by molar-refractivity contribution is 7.81. The maximum atomic E-state index is 14.5. The summed E-state index contributed by atoms with van der Waals surface area (Å²) in [6.07, 6.45) is 8.33. The number of carbonyl (C=O) groups is 1. The fraction of sp³-hybridized carbons (Fsp3) is 0.364. The maximum absolute atomic E-state index is 14.5. The summed E-state index contributed by atoms with van der Waals surface area (Å²) in [5.74, 6) is -0.0684. The topological polar surface area (TPSA) is 33.2 Å². The summed E-state index contributed by atoms with van der Waals surface area (Å²) in [4.78, 5) is 19.2. The summed E-state index contributed by atoms with van der Waals surface area (Å²) in [6, 6.07) is 10.1. The van der Waals surface area contributed by atoms with Crippen molar-refractivity contribution < 1.29 is 9.18 Å². The van der Waals surface area contributed by atoms with Gasteiger partial charge < -0.3 is 0 Å². The van der Waals surface area contributed by atoms with Crippen LogP contribution in [0.1, 0.15) is 36.4 Å². The van der Waals surface area contributed by atoms with E-state index in [1.165, 1.54) is 6.07 Å². The van der Waals surface area contributed by atoms with Gasteiger partial charge in [0.1, 0.15) is 5.82 Å². The molecule has 1 aromatic carbocycles. The average Bonchev–Trinajstić information content (AvgIpc) is 3.52. The van der Waals surface area contributed by atoms with Crippen molar-refractivity contribution in [2.75, 3.05) is 13.1 Å². The zero-order chi connectivity index (χ0) is 18.8. The van der Waals surface area contributed by atoms with E-state index in [4.69, 9.17) is 12.6 Å². The van der Waals surface area contributed by atoms with Crippen LogP contribution in [0.5, 0.6) is 0 Å². The molecule has 3 nitrogen and oxygen atoms in total. The van der Waals surface area contributed by atoms with E-state index >= 15 is 0 Å². The normalized spacial score (nSPS) is 21.7. The Bertz CT molecular complexity index is 861. The largest absolute Gasteiger partial charge is 0.297 e. The highest BCUT2D eigenvalue weighted by Crippen LogP contribution is 2.39. The van der Waals surface area contributed by atoms with Crippen LogP contribution in [0.15, 0.2) is 54.4 Å². The van der Waals surface area contributed by atoms with Crippen LogP contribution >= 0.6 is 37.4 Å². The predicted octanol–water partition coefficient (Wildman–Crippen LogP) is 5.17. The standard InChI is InChI=1S/C22H23FN2OS.2ClH/c23-19-4-2-1-3-18(19)21(22(26)16-5-6-16)25-12-9-20(27)17(14-25)13-15-7-10-24-11-8-15;;/h1-4,7-8,10-11,13,16,20-21,27H,5-6,9,12,14H2;2*1H. The number of benzene rings is 1. The molecule has 1 aromatic heterocycles. The average molecular weight is 455 g/mol. The Morgan fingerprint density at radius 3 is 2.48 bits per heavy atom. The number of Topliss-reactive ketones (excluding diaryl/α,β-unsaturated/α-hetero) is 1. The molecule has 2 atom stereocenters. The summed E-state index contributed by atoms with van der Waals surface area (Å²) in [5, 5.41) is 0.145. The Labute approximate surface area is 189 Å². The van der Waals surface area contributed by atoms with E-state index in [0.29, 0.717) is 12.1 Å². The van der Waals surface area contributed by atoms with Gasteiger partial charge in [0, 0.05) is 42.2 Å². The number of ketones is 1. The Kier molecular flexibility index (Phi) is 8.71. The van der Waals surface area contributed by atoms with Crippen LogP contribution in [-0.4, -0.2) is 34.0 Å². The number of halogens is 3. The lowest BCUT2D eigenvalue weighted by Gasteiger charge is -2.37. The van der Waals surface area contributed by atoms with Crippen LogP contribution < -0.4 is 0 Å². The summed E-state index contributed by atoms with van der Waals surface area (Å²) in [6.45, 7) is 1.35. The summed E-state index contributed by atoms with van der Waals surface area (Å²) in [5.41, 5.74) is 2.72. The molecule has 0 spiro atoms. The third-order valence-corrected chi connectivity index (χ3v) is 5.97. The molecule has 29 heavy (non-hydrogen) atoms. The quantitative estimate of drug-likeness (QED) is 0.632. The number of hydrogen-bond donors (Lipinski definition) is 1. The number of likely N-dealkylation sites (tertiary alicyclic amines) is 1. The number of thiol groups is 1. The van der Waals surface area contributed by atoms with Gasteiger partial charge in [-0.2, -0.15) is 12.6 Å². The first-order valence-corrected chi connectivity index (χ1v) is 9.96. The molecule has 156 valence electrons. The number of carbonyl (C=O) groups excluding carboxylic acids is 1. The summed E-state index contributed by atoms with van der Waals surface area (Å²) in [7, 11) is 0. The van der Waals surface area contributed by atoms with Crippen molar-refractivity contribution in [3.8, 4) is 0 Å². The zero-order valence-electron chi connectivity index (χ0n) is 15.9. The van der Waals surface area contributed by atoms with Crippen molar-refractivity contribution in [1.29, 1.82) is 0 Å². The first-order valence-electron chi connectivity index (χ1n) is 9.44. The minimum absolute atomic E-state index is 0. The predicted molar refractivity (Wildman–Crippen MR) is 123 cm³/mol. The molecule has 4 rings (SSSR count). The summed E-state index contributed by atoms with van der Waals surface area (Å²) >= 11 is 4.74. The number of piperidine rings is 1. The van der Waals surface area contributed by atoms with Gasteiger partial charge >= 0.3 is 0 Å². The highest BCUT2D eigenvalue weighted by Gasteiger charge is 2.40. The third kappa shape index (κ3) is 5.60. The molecule has 1 aliphatic heterocycles. The lowest BCUT2D eigenvalue weighted by atomic mass is 9.93. The molecule has 2 aromatic rings. The molecule has 0 N–H and O–H groups in total. The number of aromatic nitrogens is 1. The van der Waals surface area contributed by atoms with Gasteiger partial charge in [0.05, 0.1) is 6.04 Å². The number of nitrogens with zero attached hydrogens (tertiary/aromatic N) is 2. The van der Waals surface area contributed by atoms with Crippen LogP contribution in [0.4, 0.5) is 4.39 Å². The highest BCUT2D eigenvalue weighted by atomic mass is 35.5. The molecule has 2 unspecified atom stereocenters. The molecule has 0 radical (unpaired) electrons. The molecule has 1 saturated heterocycles. The number of rotatable bonds is 5. The molecule has 0 bridgehead atoms. The Morgan fingerprint density at radius 1 is 1.14 bits per heavy atom. The van der Waals surface area contributed by atoms with E-state index in [0.717, 1.165) is 36.9 Å². The molecule has 7 heteroatoms. The first kappa shape index (κ1) is 23.9. The van der Waals surface area contributed by atoms with Crippen LogP contribution in [-0.2, 0) is 4.79 Å². The van der Waals surface area contributed by atoms with Gasteiger partial charge in [-0.15, -0.1) is 24.8 Å². The molecule has 2 fully saturated rings. The van der Waals surface area contributed by atoms with Crippen molar-refractivity contribution in [3.63, 3.8) is 0 Å². The van der Waals surface area contributed by atoms with Gasteiger partial charge in [-0.05, 0) is 48.6 Å². The number of pyridine rings is 1. The summed E-state index contributed by atoms with van der Waals surface area (Å²) < 4.78 is 14.5. The Balaban J connectivity index is 0.00000150. The SMILES string of the molecule is Cl.Cl.O=C(C1CC1)C(c1ccccc1F)N1CCC(S)C(=Cc2ccncc2)C1. The second-order valence-electron chi connectivity index (χ2n) is 7.38. The Morgan fingerprint density at radius 2 is 1.83 bits per heavy atom. The van der Waals surface area contributed by atoms with Crippen molar-refractivity contribution in [2.24, 2.45) is 5.92 Å². The smallest absolute Gasteiger partial charge is 0.157 e. The maximum Gasteiger partial charge on any atom is 0.157 e. The van der Waals surface area contributed by atoms with Gasteiger partial charge in [0.2, 0.25) is 0 Å². The third-order valence-electron chi connectivity index (χ3n) is 5.38. The minimum Gasteiger partial charge on any atom is -0.297 e. The molecular formula is C22H25Cl2FN2OS. The lowest BCUT2D eigenvalue weighted by molar-refractivity contribution is -0.126. The van der Waals surface area contributed by atoms with Crippen molar-refractivity contribution in [2.45, 2.75) is 30.6 Å². The first-order chi connectivity index (χ1) is 13.1. The van der Waals surface area contributed by atoms with Crippen LogP contribution in [0.2, 0.25) is 0 Å². The molecule has 0 amide bonds. The van der Waals surface area contributed by atoms with Crippen LogP contribution in [0.3, 0.4) is 0 Å². The molecule has 1 aliphatic carbocycles. The lowest BCUT2D eigenvalue weighted by Crippen LogP contribution is -2.42. The second kappa shape index (κ2) is 10.6. The molecule has 1 saturated carbocycles. The number of hydrogen-bond acceptors (Lipinski definition) is 4. The fourth-order valence-electron chi connectivity index (χ4n) is 3.75.